The Balaban J connectivity index is 1.47. The maximum absolute atomic E-state index is 12.5. The lowest BCUT2D eigenvalue weighted by Gasteiger charge is -2.20. The highest BCUT2D eigenvalue weighted by molar-refractivity contribution is 7.13. The van der Waals surface area contributed by atoms with Crippen molar-refractivity contribution in [1.82, 2.24) is 10.3 Å². The summed E-state index contributed by atoms with van der Waals surface area (Å²) in [6.45, 7) is 1.93. The number of nitrogens with zero attached hydrogens (tertiary/aromatic N) is 1. The van der Waals surface area contributed by atoms with Crippen molar-refractivity contribution < 1.29 is 14.0 Å². The summed E-state index contributed by atoms with van der Waals surface area (Å²) in [6.07, 6.45) is 2.79. The van der Waals surface area contributed by atoms with Gasteiger partial charge in [0.15, 0.2) is 10.8 Å². The third kappa shape index (κ3) is 3.25. The van der Waals surface area contributed by atoms with Crippen LogP contribution in [0, 0.1) is 0 Å². The van der Waals surface area contributed by atoms with Crippen LogP contribution in [0.1, 0.15) is 41.0 Å². The van der Waals surface area contributed by atoms with Gasteiger partial charge in [-0.2, -0.15) is 0 Å². The number of hydrogen-bond donors (Lipinski definition) is 2. The molecule has 26 heavy (non-hydrogen) atoms. The minimum Gasteiger partial charge on any atom is -0.462 e. The summed E-state index contributed by atoms with van der Waals surface area (Å²) in [4.78, 5) is 28.3. The van der Waals surface area contributed by atoms with Crippen molar-refractivity contribution >= 4 is 28.8 Å². The summed E-state index contributed by atoms with van der Waals surface area (Å²) in [5.41, 5.74) is 3.32. The van der Waals surface area contributed by atoms with E-state index in [0.717, 1.165) is 16.8 Å². The first-order chi connectivity index (χ1) is 12.6. The molecule has 2 N–H and O–H groups in total. The van der Waals surface area contributed by atoms with Crippen molar-refractivity contribution in [2.75, 3.05) is 5.32 Å². The predicted octanol–water partition coefficient (Wildman–Crippen LogP) is 3.78. The molecule has 0 aliphatic carbocycles. The predicted molar refractivity (Wildman–Crippen MR) is 99.1 cm³/mol. The van der Waals surface area contributed by atoms with E-state index in [1.165, 1.54) is 11.3 Å². The molecular weight excluding hydrogens is 350 g/mol. The molecule has 7 heteroatoms. The quantitative estimate of drug-likeness (QED) is 0.735. The van der Waals surface area contributed by atoms with Gasteiger partial charge in [-0.05, 0) is 42.7 Å². The minimum atomic E-state index is -0.224. The van der Waals surface area contributed by atoms with E-state index in [-0.39, 0.29) is 17.9 Å². The number of amides is 2. The second-order valence-corrected chi connectivity index (χ2v) is 7.03. The molecule has 2 amide bonds. The number of carbonyl (C=O) groups is 2. The van der Waals surface area contributed by atoms with Gasteiger partial charge in [-0.15, -0.1) is 11.3 Å². The molecule has 0 saturated carbocycles. The van der Waals surface area contributed by atoms with Crippen LogP contribution in [0.5, 0.6) is 0 Å². The van der Waals surface area contributed by atoms with E-state index in [9.17, 15) is 9.59 Å². The first-order valence-electron chi connectivity index (χ1n) is 8.33. The molecule has 4 rings (SSSR count). The lowest BCUT2D eigenvalue weighted by atomic mass is 9.98. The monoisotopic (exact) mass is 367 g/mol. The van der Waals surface area contributed by atoms with Crippen LogP contribution in [0.3, 0.4) is 0 Å². The summed E-state index contributed by atoms with van der Waals surface area (Å²) < 4.78 is 5.31. The van der Waals surface area contributed by atoms with Gasteiger partial charge in [-0.25, -0.2) is 4.98 Å². The number of rotatable bonds is 4. The molecule has 1 aromatic carbocycles. The molecular formula is C19H17N3O3S. The highest BCUT2D eigenvalue weighted by Crippen LogP contribution is 2.27. The van der Waals surface area contributed by atoms with Crippen LogP contribution in [0.4, 0.5) is 5.69 Å². The smallest absolute Gasteiger partial charge is 0.271 e. The number of thiazole rings is 1. The Bertz CT molecular complexity index is 962. The van der Waals surface area contributed by atoms with E-state index in [0.29, 0.717) is 29.3 Å². The maximum Gasteiger partial charge on any atom is 0.271 e. The van der Waals surface area contributed by atoms with Crippen molar-refractivity contribution in [3.63, 3.8) is 0 Å². The molecule has 0 unspecified atom stereocenters. The number of aromatic nitrogens is 1. The number of anilines is 1. The van der Waals surface area contributed by atoms with Gasteiger partial charge in [-0.1, -0.05) is 12.1 Å². The molecule has 3 heterocycles. The summed E-state index contributed by atoms with van der Waals surface area (Å²) in [6, 6.07) is 9.29. The van der Waals surface area contributed by atoms with Crippen LogP contribution in [-0.2, 0) is 11.2 Å². The van der Waals surface area contributed by atoms with Gasteiger partial charge in [0.25, 0.3) is 5.91 Å². The van der Waals surface area contributed by atoms with Crippen molar-refractivity contribution in [3.05, 3.63) is 58.8 Å². The molecule has 1 aliphatic rings. The van der Waals surface area contributed by atoms with Crippen LogP contribution in [0.15, 0.2) is 46.4 Å². The van der Waals surface area contributed by atoms with Crippen LogP contribution < -0.4 is 10.6 Å². The molecule has 0 saturated heterocycles. The number of furan rings is 1. The molecule has 1 atom stereocenters. The molecule has 2 aromatic heterocycles. The average Bonchev–Trinajstić information content (AvgIpc) is 3.32. The average molecular weight is 367 g/mol. The van der Waals surface area contributed by atoms with E-state index in [1.807, 2.05) is 31.2 Å². The Morgan fingerprint density at radius 3 is 3.04 bits per heavy atom. The normalized spacial score (nSPS) is 14.4. The SMILES string of the molecule is C[C@@H](NC(=O)c1csc(-c2ccco2)n1)c1ccc2c(c1)CCC(=O)N2. The molecule has 0 spiro atoms. The summed E-state index contributed by atoms with van der Waals surface area (Å²) in [5, 5.41) is 8.24. The highest BCUT2D eigenvalue weighted by atomic mass is 32.1. The Hall–Kier alpha value is -2.93. The third-order valence-electron chi connectivity index (χ3n) is 4.34. The summed E-state index contributed by atoms with van der Waals surface area (Å²) in [5.74, 6) is 0.471. The zero-order valence-corrected chi connectivity index (χ0v) is 14.9. The lowest BCUT2D eigenvalue weighted by Crippen LogP contribution is -2.27. The first kappa shape index (κ1) is 16.5. The molecule has 3 aromatic rings. The Labute approximate surface area is 154 Å². The number of fused-ring (bicyclic) bond motifs is 1. The lowest BCUT2D eigenvalue weighted by molar-refractivity contribution is -0.116. The zero-order chi connectivity index (χ0) is 18.1. The molecule has 132 valence electrons. The van der Waals surface area contributed by atoms with Gasteiger partial charge >= 0.3 is 0 Å². The summed E-state index contributed by atoms with van der Waals surface area (Å²) in [7, 11) is 0. The number of carbonyl (C=O) groups excluding carboxylic acids is 2. The highest BCUT2D eigenvalue weighted by Gasteiger charge is 2.19. The van der Waals surface area contributed by atoms with Crippen LogP contribution in [-0.4, -0.2) is 16.8 Å². The Morgan fingerprint density at radius 1 is 1.35 bits per heavy atom. The maximum atomic E-state index is 12.5. The molecule has 1 aliphatic heterocycles. The van der Waals surface area contributed by atoms with Crippen LogP contribution in [0.2, 0.25) is 0 Å². The minimum absolute atomic E-state index is 0.0440. The van der Waals surface area contributed by atoms with Crippen molar-refractivity contribution in [2.45, 2.75) is 25.8 Å². The van der Waals surface area contributed by atoms with Crippen molar-refractivity contribution in [1.29, 1.82) is 0 Å². The van der Waals surface area contributed by atoms with E-state index >= 15 is 0 Å². The number of benzene rings is 1. The number of aryl methyl sites for hydroxylation is 1. The number of hydrogen-bond acceptors (Lipinski definition) is 5. The van der Waals surface area contributed by atoms with Crippen molar-refractivity contribution in [3.8, 4) is 10.8 Å². The van der Waals surface area contributed by atoms with E-state index < -0.39 is 0 Å². The third-order valence-corrected chi connectivity index (χ3v) is 5.20. The standard InChI is InChI=1S/C19H17N3O3S/c1-11(12-4-6-14-13(9-12)5-7-17(23)21-14)20-18(24)15-10-26-19(22-15)16-3-2-8-25-16/h2-4,6,8-11H,5,7H2,1H3,(H,20,24)(H,21,23)/t11-/m1/s1. The molecule has 0 bridgehead atoms. The van der Waals surface area contributed by atoms with E-state index in [2.05, 4.69) is 15.6 Å². The van der Waals surface area contributed by atoms with Gasteiger partial charge in [0, 0.05) is 17.5 Å². The van der Waals surface area contributed by atoms with Gasteiger partial charge in [0.05, 0.1) is 12.3 Å². The summed E-state index contributed by atoms with van der Waals surface area (Å²) >= 11 is 1.37. The van der Waals surface area contributed by atoms with Gasteiger partial charge in [0.1, 0.15) is 5.69 Å². The largest absolute Gasteiger partial charge is 0.462 e. The Morgan fingerprint density at radius 2 is 2.23 bits per heavy atom. The zero-order valence-electron chi connectivity index (χ0n) is 14.1. The fourth-order valence-electron chi connectivity index (χ4n) is 2.92. The van der Waals surface area contributed by atoms with Gasteiger partial charge in [-0.3, -0.25) is 9.59 Å². The van der Waals surface area contributed by atoms with Crippen LogP contribution >= 0.6 is 11.3 Å². The van der Waals surface area contributed by atoms with Gasteiger partial charge < -0.3 is 15.1 Å². The number of nitrogens with one attached hydrogen (secondary N) is 2. The topological polar surface area (TPSA) is 84.2 Å². The fraction of sp³-hybridized carbons (Fsp3) is 0.211. The second-order valence-electron chi connectivity index (χ2n) is 6.18. The Kier molecular flexibility index (Phi) is 4.30. The van der Waals surface area contributed by atoms with E-state index in [1.54, 1.807) is 17.7 Å². The van der Waals surface area contributed by atoms with Crippen molar-refractivity contribution in [2.24, 2.45) is 0 Å². The first-order valence-corrected chi connectivity index (χ1v) is 9.21. The van der Waals surface area contributed by atoms with E-state index in [4.69, 9.17) is 4.42 Å². The molecule has 0 radical (unpaired) electrons. The molecule has 6 nitrogen and oxygen atoms in total. The van der Waals surface area contributed by atoms with Crippen LogP contribution in [0.25, 0.3) is 10.8 Å². The second kappa shape index (κ2) is 6.76. The molecule has 0 fully saturated rings. The fourth-order valence-corrected chi connectivity index (χ4v) is 3.68. The van der Waals surface area contributed by atoms with Gasteiger partial charge in [0.2, 0.25) is 5.91 Å².